The number of fused-ring (bicyclic) bond motifs is 1. The second-order valence-corrected chi connectivity index (χ2v) is 6.40. The van der Waals surface area contributed by atoms with Crippen molar-refractivity contribution in [2.24, 2.45) is 0 Å². The summed E-state index contributed by atoms with van der Waals surface area (Å²) in [5, 5.41) is 7.70. The van der Waals surface area contributed by atoms with Gasteiger partial charge in [0.15, 0.2) is 0 Å². The molecule has 0 bridgehead atoms. The number of hydrogen-bond acceptors (Lipinski definition) is 3. The van der Waals surface area contributed by atoms with E-state index in [1.165, 1.54) is 16.3 Å². The highest BCUT2D eigenvalue weighted by Crippen LogP contribution is 2.27. The highest BCUT2D eigenvalue weighted by molar-refractivity contribution is 6.07. The molecule has 2 saturated heterocycles. The van der Waals surface area contributed by atoms with Gasteiger partial charge in [-0.25, -0.2) is 4.79 Å². The van der Waals surface area contributed by atoms with Crippen molar-refractivity contribution in [3.05, 3.63) is 48.0 Å². The number of carbonyl (C=O) groups is 2. The standard InChI is InChI=1S/C18H19N3O2/c22-16-18(20-17(23)19-16)8-10-21(11-9-18)12-14-6-3-5-13-4-1-2-7-15(13)14/h1-7H,8-12H2,(H2,19,20,22,23). The van der Waals surface area contributed by atoms with Gasteiger partial charge in [-0.05, 0) is 29.2 Å². The topological polar surface area (TPSA) is 61.4 Å². The molecular weight excluding hydrogens is 290 g/mol. The number of likely N-dealkylation sites (tertiary alicyclic amines) is 1. The molecule has 23 heavy (non-hydrogen) atoms. The molecule has 0 aromatic heterocycles. The van der Waals surface area contributed by atoms with Crippen molar-refractivity contribution >= 4 is 22.7 Å². The van der Waals surface area contributed by atoms with Gasteiger partial charge >= 0.3 is 6.03 Å². The molecule has 0 atom stereocenters. The average molecular weight is 309 g/mol. The zero-order chi connectivity index (χ0) is 15.9. The first-order valence-corrected chi connectivity index (χ1v) is 7.99. The Bertz CT molecular complexity index is 773. The zero-order valence-corrected chi connectivity index (χ0v) is 12.8. The van der Waals surface area contributed by atoms with Crippen molar-refractivity contribution < 1.29 is 9.59 Å². The maximum atomic E-state index is 12.0. The number of urea groups is 1. The summed E-state index contributed by atoms with van der Waals surface area (Å²) in [6, 6.07) is 14.4. The van der Waals surface area contributed by atoms with Gasteiger partial charge in [-0.2, -0.15) is 0 Å². The molecule has 118 valence electrons. The number of piperidine rings is 1. The zero-order valence-electron chi connectivity index (χ0n) is 12.8. The lowest BCUT2D eigenvalue weighted by molar-refractivity contribution is -0.125. The lowest BCUT2D eigenvalue weighted by Crippen LogP contribution is -2.54. The first-order valence-electron chi connectivity index (χ1n) is 7.99. The number of rotatable bonds is 2. The first kappa shape index (κ1) is 14.2. The van der Waals surface area contributed by atoms with Crippen molar-refractivity contribution in [2.75, 3.05) is 13.1 Å². The second kappa shape index (κ2) is 5.35. The van der Waals surface area contributed by atoms with E-state index in [9.17, 15) is 9.59 Å². The lowest BCUT2D eigenvalue weighted by atomic mass is 9.87. The van der Waals surface area contributed by atoms with E-state index in [4.69, 9.17) is 0 Å². The predicted octanol–water partition coefficient (Wildman–Crippen LogP) is 2.01. The molecule has 0 saturated carbocycles. The van der Waals surface area contributed by atoms with Crippen LogP contribution in [-0.4, -0.2) is 35.5 Å². The van der Waals surface area contributed by atoms with E-state index in [1.54, 1.807) is 0 Å². The minimum Gasteiger partial charge on any atom is -0.323 e. The molecule has 4 rings (SSSR count). The molecule has 2 aromatic carbocycles. The Balaban J connectivity index is 1.49. The molecule has 0 radical (unpaired) electrons. The number of amides is 3. The lowest BCUT2D eigenvalue weighted by Gasteiger charge is -2.37. The number of nitrogens with zero attached hydrogens (tertiary/aromatic N) is 1. The van der Waals surface area contributed by atoms with Gasteiger partial charge in [0.05, 0.1) is 0 Å². The Labute approximate surface area is 134 Å². The van der Waals surface area contributed by atoms with Crippen LogP contribution in [0.5, 0.6) is 0 Å². The Morgan fingerprint density at radius 1 is 1.00 bits per heavy atom. The minimum absolute atomic E-state index is 0.174. The van der Waals surface area contributed by atoms with Gasteiger partial charge in [0.2, 0.25) is 0 Å². The quantitative estimate of drug-likeness (QED) is 0.834. The van der Waals surface area contributed by atoms with Gasteiger partial charge in [0, 0.05) is 19.6 Å². The molecular formula is C18H19N3O2. The number of hydrogen-bond donors (Lipinski definition) is 2. The van der Waals surface area contributed by atoms with E-state index in [2.05, 4.69) is 58.0 Å². The molecule has 2 aliphatic rings. The monoisotopic (exact) mass is 309 g/mol. The van der Waals surface area contributed by atoms with E-state index in [1.807, 2.05) is 0 Å². The normalized spacial score (nSPS) is 20.7. The Hall–Kier alpha value is -2.40. The third-order valence-corrected chi connectivity index (χ3v) is 5.00. The van der Waals surface area contributed by atoms with Crippen LogP contribution in [0.4, 0.5) is 4.79 Å². The fourth-order valence-corrected chi connectivity index (χ4v) is 3.64. The van der Waals surface area contributed by atoms with Crippen molar-refractivity contribution in [3.8, 4) is 0 Å². The maximum absolute atomic E-state index is 12.0. The van der Waals surface area contributed by atoms with Crippen molar-refractivity contribution in [2.45, 2.75) is 24.9 Å². The van der Waals surface area contributed by atoms with Crippen LogP contribution in [0.1, 0.15) is 18.4 Å². The molecule has 5 heteroatoms. The molecule has 0 unspecified atom stereocenters. The van der Waals surface area contributed by atoms with Gasteiger partial charge in [0.1, 0.15) is 5.54 Å². The van der Waals surface area contributed by atoms with Crippen LogP contribution in [0.15, 0.2) is 42.5 Å². The average Bonchev–Trinajstić information content (AvgIpc) is 2.84. The molecule has 2 aliphatic heterocycles. The van der Waals surface area contributed by atoms with E-state index >= 15 is 0 Å². The van der Waals surface area contributed by atoms with Crippen molar-refractivity contribution in [1.82, 2.24) is 15.5 Å². The van der Waals surface area contributed by atoms with Crippen LogP contribution >= 0.6 is 0 Å². The van der Waals surface area contributed by atoms with Gasteiger partial charge in [0.25, 0.3) is 5.91 Å². The molecule has 2 fully saturated rings. The summed E-state index contributed by atoms with van der Waals surface area (Å²) >= 11 is 0. The minimum atomic E-state index is -0.688. The van der Waals surface area contributed by atoms with Crippen LogP contribution in [-0.2, 0) is 11.3 Å². The largest absolute Gasteiger partial charge is 0.323 e. The molecule has 5 nitrogen and oxygen atoms in total. The van der Waals surface area contributed by atoms with E-state index in [0.717, 1.165) is 19.6 Å². The molecule has 2 N–H and O–H groups in total. The molecule has 1 spiro atoms. The summed E-state index contributed by atoms with van der Waals surface area (Å²) in [6.07, 6.45) is 1.32. The highest BCUT2D eigenvalue weighted by Gasteiger charge is 2.47. The van der Waals surface area contributed by atoms with Gasteiger partial charge in [-0.1, -0.05) is 42.5 Å². The summed E-state index contributed by atoms with van der Waals surface area (Å²) in [7, 11) is 0. The smallest absolute Gasteiger partial charge is 0.322 e. The Kier molecular flexibility index (Phi) is 3.31. The van der Waals surface area contributed by atoms with Gasteiger partial charge in [-0.15, -0.1) is 0 Å². The summed E-state index contributed by atoms with van der Waals surface area (Å²) in [6.45, 7) is 2.47. The number of nitrogens with one attached hydrogen (secondary N) is 2. The predicted molar refractivity (Wildman–Crippen MR) is 87.9 cm³/mol. The first-order chi connectivity index (χ1) is 11.2. The molecule has 2 heterocycles. The van der Waals surface area contributed by atoms with Crippen LogP contribution in [0, 0.1) is 0 Å². The summed E-state index contributed by atoms with van der Waals surface area (Å²) < 4.78 is 0. The van der Waals surface area contributed by atoms with Crippen molar-refractivity contribution in [1.29, 1.82) is 0 Å². The highest BCUT2D eigenvalue weighted by atomic mass is 16.2. The summed E-state index contributed by atoms with van der Waals surface area (Å²) in [4.78, 5) is 25.7. The Morgan fingerprint density at radius 3 is 2.48 bits per heavy atom. The summed E-state index contributed by atoms with van der Waals surface area (Å²) in [5.41, 5.74) is 0.616. The van der Waals surface area contributed by atoms with Crippen LogP contribution in [0.25, 0.3) is 10.8 Å². The number of imide groups is 1. The fourth-order valence-electron chi connectivity index (χ4n) is 3.64. The van der Waals surface area contributed by atoms with Crippen LogP contribution < -0.4 is 10.6 Å². The molecule has 3 amide bonds. The molecule has 2 aromatic rings. The van der Waals surface area contributed by atoms with E-state index < -0.39 is 5.54 Å². The maximum Gasteiger partial charge on any atom is 0.322 e. The van der Waals surface area contributed by atoms with Crippen LogP contribution in [0.3, 0.4) is 0 Å². The van der Waals surface area contributed by atoms with E-state index in [0.29, 0.717) is 12.8 Å². The number of carbonyl (C=O) groups excluding carboxylic acids is 2. The van der Waals surface area contributed by atoms with Crippen molar-refractivity contribution in [3.63, 3.8) is 0 Å². The SMILES string of the molecule is O=C1NC(=O)C2(CCN(Cc3cccc4ccccc34)CC2)N1. The van der Waals surface area contributed by atoms with E-state index in [-0.39, 0.29) is 11.9 Å². The van der Waals surface area contributed by atoms with Gasteiger partial charge in [-0.3, -0.25) is 15.0 Å². The third-order valence-electron chi connectivity index (χ3n) is 5.00. The Morgan fingerprint density at radius 2 is 1.74 bits per heavy atom. The third kappa shape index (κ3) is 2.47. The van der Waals surface area contributed by atoms with Gasteiger partial charge < -0.3 is 5.32 Å². The second-order valence-electron chi connectivity index (χ2n) is 6.40. The van der Waals surface area contributed by atoms with Crippen LogP contribution in [0.2, 0.25) is 0 Å². The number of benzene rings is 2. The fraction of sp³-hybridized carbons (Fsp3) is 0.333. The molecule has 0 aliphatic carbocycles. The summed E-state index contributed by atoms with van der Waals surface area (Å²) in [5.74, 6) is -0.174.